The summed E-state index contributed by atoms with van der Waals surface area (Å²) in [6, 6.07) is 9.25. The van der Waals surface area contributed by atoms with E-state index in [0.29, 0.717) is 6.42 Å². The molecule has 5 nitrogen and oxygen atoms in total. The molecule has 0 radical (unpaired) electrons. The van der Waals surface area contributed by atoms with Gasteiger partial charge in [-0.1, -0.05) is 62.4 Å². The summed E-state index contributed by atoms with van der Waals surface area (Å²) in [6.45, 7) is 0.929. The van der Waals surface area contributed by atoms with Crippen LogP contribution in [0.5, 0.6) is 0 Å². The van der Waals surface area contributed by atoms with Crippen LogP contribution in [0.4, 0.5) is 0 Å². The molecule has 0 heterocycles. The molecule has 0 saturated carbocycles. The lowest BCUT2D eigenvalue weighted by atomic mass is 9.83. The molecule has 0 amide bonds. The van der Waals surface area contributed by atoms with Crippen molar-refractivity contribution in [2.45, 2.75) is 57.8 Å². The summed E-state index contributed by atoms with van der Waals surface area (Å²) < 4.78 is 4.08. The van der Waals surface area contributed by atoms with Crippen LogP contribution in [0.3, 0.4) is 0 Å². The second-order valence-electron chi connectivity index (χ2n) is 6.88. The topological polar surface area (TPSA) is 87.4 Å². The van der Waals surface area contributed by atoms with Gasteiger partial charge in [-0.25, -0.2) is 0 Å². The Morgan fingerprint density at radius 3 is 1.92 bits per heavy atom. The number of benzene rings is 1. The predicted molar refractivity (Wildman–Crippen MR) is 102 cm³/mol. The van der Waals surface area contributed by atoms with Gasteiger partial charge in [0, 0.05) is 6.42 Å². The minimum absolute atomic E-state index is 0.260. The van der Waals surface area contributed by atoms with Crippen LogP contribution in [0.2, 0.25) is 0 Å². The molecule has 0 aromatic heterocycles. The van der Waals surface area contributed by atoms with E-state index in [4.69, 9.17) is 0 Å². The van der Waals surface area contributed by atoms with Gasteiger partial charge in [-0.3, -0.25) is 9.59 Å². The summed E-state index contributed by atoms with van der Waals surface area (Å²) in [5.41, 5.74) is 0.866. The number of aliphatic carboxylic acids is 2. The Kier molecular flexibility index (Phi) is 11.4. The van der Waals surface area contributed by atoms with E-state index < -0.39 is 23.8 Å². The molecule has 0 bridgehead atoms. The Hall–Kier alpha value is -1.88. The van der Waals surface area contributed by atoms with E-state index in [9.17, 15) is 19.8 Å². The van der Waals surface area contributed by atoms with E-state index in [1.807, 2.05) is 37.4 Å². The smallest absolute Gasteiger partial charge is 0.307 e. The number of rotatable bonds is 15. The minimum atomic E-state index is -1.03. The maximum absolute atomic E-state index is 11.6. The molecule has 3 N–H and O–H groups in total. The largest absolute Gasteiger partial charge is 0.481 e. The van der Waals surface area contributed by atoms with Crippen LogP contribution in [-0.4, -0.2) is 40.6 Å². The van der Waals surface area contributed by atoms with Gasteiger partial charge >= 0.3 is 11.9 Å². The van der Waals surface area contributed by atoms with Crippen LogP contribution in [0.1, 0.15) is 56.9 Å². The zero-order valence-corrected chi connectivity index (χ0v) is 15.8. The molecule has 0 unspecified atom stereocenters. The number of hydrogen-bond donors (Lipinski definition) is 2. The number of carboxylic acid groups (broad SMARTS) is 2. The highest BCUT2D eigenvalue weighted by atomic mass is 16.5. The molecule has 0 aliphatic rings. The Bertz CT molecular complexity index is 514. The fraction of sp³-hybridized carbons (Fsp3) is 0.619. The lowest BCUT2D eigenvalue weighted by Gasteiger charge is -2.20. The number of unbranched alkanes of at least 4 members (excludes halogenated alkanes) is 6. The molecule has 0 spiro atoms. The minimum Gasteiger partial charge on any atom is -0.481 e. The second kappa shape index (κ2) is 13.3. The first-order chi connectivity index (χ1) is 12.6. The molecule has 0 saturated heterocycles. The van der Waals surface area contributed by atoms with E-state index in [1.54, 1.807) is 0 Å². The van der Waals surface area contributed by atoms with Crippen molar-refractivity contribution in [3.63, 3.8) is 0 Å². The molecular weight excluding hydrogens is 332 g/mol. The Labute approximate surface area is 156 Å². The third kappa shape index (κ3) is 8.99. The normalized spacial score (nSPS) is 13.3. The van der Waals surface area contributed by atoms with E-state index in [-0.39, 0.29) is 6.42 Å². The maximum atomic E-state index is 11.6. The summed E-state index contributed by atoms with van der Waals surface area (Å²) >= 11 is 0. The fourth-order valence-corrected chi connectivity index (χ4v) is 3.28. The first kappa shape index (κ1) is 22.2. The lowest BCUT2D eigenvalue weighted by Crippen LogP contribution is -2.31. The van der Waals surface area contributed by atoms with Crippen LogP contribution in [-0.2, 0) is 16.0 Å². The SMILES string of the molecule is C[OH+]CCCCCCCCC[C@H](C(=O)O)[C@H](Cc1ccccc1)C(=O)O. The van der Waals surface area contributed by atoms with E-state index >= 15 is 0 Å². The van der Waals surface area contributed by atoms with Crippen molar-refractivity contribution >= 4 is 11.9 Å². The first-order valence-electron chi connectivity index (χ1n) is 9.61. The third-order valence-electron chi connectivity index (χ3n) is 4.82. The Morgan fingerprint density at radius 1 is 0.846 bits per heavy atom. The molecular formula is C21H33O5+. The van der Waals surface area contributed by atoms with Crippen LogP contribution >= 0.6 is 0 Å². The van der Waals surface area contributed by atoms with Gasteiger partial charge in [0.25, 0.3) is 0 Å². The number of carboxylic acids is 2. The van der Waals surface area contributed by atoms with Gasteiger partial charge in [0.05, 0.1) is 11.8 Å². The highest BCUT2D eigenvalue weighted by molar-refractivity contribution is 5.80. The Morgan fingerprint density at radius 2 is 1.38 bits per heavy atom. The maximum Gasteiger partial charge on any atom is 0.307 e. The molecule has 0 fully saturated rings. The average Bonchev–Trinajstić information content (AvgIpc) is 2.62. The summed E-state index contributed by atoms with van der Waals surface area (Å²) in [5.74, 6) is -3.74. The van der Waals surface area contributed by atoms with E-state index in [2.05, 4.69) is 4.74 Å². The molecule has 1 aromatic rings. The van der Waals surface area contributed by atoms with Crippen molar-refractivity contribution in [2.75, 3.05) is 13.7 Å². The van der Waals surface area contributed by atoms with Crippen LogP contribution < -0.4 is 0 Å². The van der Waals surface area contributed by atoms with Crippen LogP contribution in [0.25, 0.3) is 0 Å². The summed E-state index contributed by atoms with van der Waals surface area (Å²) in [7, 11) is 1.83. The van der Waals surface area contributed by atoms with Gasteiger partial charge in [0.1, 0.15) is 13.7 Å². The van der Waals surface area contributed by atoms with Gasteiger partial charge in [0.2, 0.25) is 0 Å². The first-order valence-corrected chi connectivity index (χ1v) is 9.61. The number of hydrogen-bond acceptors (Lipinski definition) is 2. The number of ether oxygens (including phenoxy) is 1. The van der Waals surface area contributed by atoms with Crippen LogP contribution in [0, 0.1) is 11.8 Å². The van der Waals surface area contributed by atoms with Crippen LogP contribution in [0.15, 0.2) is 30.3 Å². The average molecular weight is 365 g/mol. The molecule has 26 heavy (non-hydrogen) atoms. The molecule has 1 aromatic carbocycles. The third-order valence-corrected chi connectivity index (χ3v) is 4.82. The highest BCUT2D eigenvalue weighted by Crippen LogP contribution is 2.24. The highest BCUT2D eigenvalue weighted by Gasteiger charge is 2.33. The van der Waals surface area contributed by atoms with Crippen molar-refractivity contribution in [3.8, 4) is 0 Å². The molecule has 2 atom stereocenters. The zero-order valence-electron chi connectivity index (χ0n) is 15.8. The molecule has 0 aliphatic heterocycles. The van der Waals surface area contributed by atoms with Gasteiger partial charge in [-0.15, -0.1) is 0 Å². The summed E-state index contributed by atoms with van der Waals surface area (Å²) in [5, 5.41) is 19.0. The standard InChI is InChI=1S/C21H32O5/c1-26-15-11-6-4-2-3-5-10-14-18(20(22)23)19(21(24)25)16-17-12-8-7-9-13-17/h7-9,12-13,18-19H,2-6,10-11,14-16H2,1H3,(H,22,23)(H,24,25)/p+1/t18-,19-/m0/s1. The summed E-state index contributed by atoms with van der Waals surface area (Å²) in [6.07, 6.45) is 8.14. The molecule has 1 rings (SSSR count). The lowest BCUT2D eigenvalue weighted by molar-refractivity contribution is -0.154. The molecule has 146 valence electrons. The number of carbonyl (C=O) groups is 2. The van der Waals surface area contributed by atoms with Gasteiger partial charge < -0.3 is 14.9 Å². The van der Waals surface area contributed by atoms with Gasteiger partial charge in [-0.05, 0) is 24.8 Å². The van der Waals surface area contributed by atoms with Crippen molar-refractivity contribution in [1.29, 1.82) is 0 Å². The second-order valence-corrected chi connectivity index (χ2v) is 6.88. The summed E-state index contributed by atoms with van der Waals surface area (Å²) in [4.78, 5) is 23.3. The quantitative estimate of drug-likeness (QED) is 0.364. The fourth-order valence-electron chi connectivity index (χ4n) is 3.28. The van der Waals surface area contributed by atoms with Gasteiger partial charge in [-0.2, -0.15) is 0 Å². The molecule has 0 aliphatic carbocycles. The van der Waals surface area contributed by atoms with Crippen molar-refractivity contribution in [2.24, 2.45) is 11.8 Å². The molecule has 5 heteroatoms. The van der Waals surface area contributed by atoms with Crippen molar-refractivity contribution in [3.05, 3.63) is 35.9 Å². The van der Waals surface area contributed by atoms with Gasteiger partial charge in [0.15, 0.2) is 0 Å². The van der Waals surface area contributed by atoms with E-state index in [1.165, 1.54) is 12.8 Å². The monoisotopic (exact) mass is 365 g/mol. The Balaban J connectivity index is 2.40. The van der Waals surface area contributed by atoms with Crippen molar-refractivity contribution in [1.82, 2.24) is 0 Å². The number of aliphatic hydroxyl groups is 2. The predicted octanol–water partition coefficient (Wildman–Crippen LogP) is 3.91. The van der Waals surface area contributed by atoms with Crippen molar-refractivity contribution < 1.29 is 24.5 Å². The van der Waals surface area contributed by atoms with E-state index in [0.717, 1.165) is 44.3 Å². The zero-order chi connectivity index (χ0) is 19.2.